The van der Waals surface area contributed by atoms with Gasteiger partial charge in [-0.1, -0.05) is 0 Å². The summed E-state index contributed by atoms with van der Waals surface area (Å²) < 4.78 is 46.6. The Hall–Kier alpha value is -3.30. The highest BCUT2D eigenvalue weighted by Gasteiger charge is 2.20. The Morgan fingerprint density at radius 3 is 2.54 bits per heavy atom. The number of fused-ring (bicyclic) bond motifs is 1. The first-order valence-corrected chi connectivity index (χ1v) is 6.48. The minimum Gasteiger partial charge on any atom is -0.494 e. The van der Waals surface area contributed by atoms with E-state index in [4.69, 9.17) is 10.5 Å². The molecule has 0 aliphatic rings. The molecule has 24 heavy (non-hydrogen) atoms. The number of aromatic amines is 1. The molecule has 1 aromatic carbocycles. The molecule has 0 atom stereocenters. The van der Waals surface area contributed by atoms with Gasteiger partial charge < -0.3 is 10.5 Å². The molecule has 0 radical (unpaired) electrons. The number of hydrogen-bond acceptors (Lipinski definition) is 5. The van der Waals surface area contributed by atoms with Crippen LogP contribution in [0.25, 0.3) is 16.7 Å². The molecule has 0 bridgehead atoms. The summed E-state index contributed by atoms with van der Waals surface area (Å²) in [4.78, 5) is 29.5. The molecule has 0 amide bonds. The molecule has 0 saturated carbocycles. The highest BCUT2D eigenvalue weighted by atomic mass is 19.1. The van der Waals surface area contributed by atoms with Gasteiger partial charge in [-0.3, -0.25) is 9.78 Å². The van der Waals surface area contributed by atoms with Crippen LogP contribution in [0.15, 0.2) is 27.8 Å². The number of nitrogens with one attached hydrogen (secondary N) is 1. The fourth-order valence-corrected chi connectivity index (χ4v) is 2.29. The average Bonchev–Trinajstić information content (AvgIpc) is 2.52. The van der Waals surface area contributed by atoms with Crippen molar-refractivity contribution in [3.8, 4) is 11.6 Å². The maximum absolute atomic E-state index is 14.1. The van der Waals surface area contributed by atoms with Gasteiger partial charge in [0.05, 0.1) is 12.5 Å². The minimum absolute atomic E-state index is 0.211. The molecule has 0 saturated heterocycles. The van der Waals surface area contributed by atoms with E-state index < -0.39 is 40.3 Å². The molecule has 3 rings (SSSR count). The summed E-state index contributed by atoms with van der Waals surface area (Å²) in [6.07, 6.45) is 0. The number of ether oxygens (including phenoxy) is 1. The second-order valence-corrected chi connectivity index (χ2v) is 4.76. The minimum atomic E-state index is -1.21. The number of halogens is 3. The van der Waals surface area contributed by atoms with Crippen molar-refractivity contribution in [2.45, 2.75) is 0 Å². The third-order valence-electron chi connectivity index (χ3n) is 3.30. The molecular weight excluding hydrogens is 329 g/mol. The normalized spacial score (nSPS) is 11.0. The van der Waals surface area contributed by atoms with Crippen LogP contribution in [0.3, 0.4) is 0 Å². The van der Waals surface area contributed by atoms with Gasteiger partial charge in [0.2, 0.25) is 0 Å². The van der Waals surface area contributed by atoms with Gasteiger partial charge in [0.1, 0.15) is 17.1 Å². The first kappa shape index (κ1) is 15.6. The van der Waals surface area contributed by atoms with E-state index in [2.05, 4.69) is 4.98 Å². The van der Waals surface area contributed by atoms with Crippen LogP contribution in [0.4, 0.5) is 19.0 Å². The molecular formula is C14H9F3N4O3. The number of nitrogen functional groups attached to an aromatic ring is 1. The number of pyridine rings is 1. The fourth-order valence-electron chi connectivity index (χ4n) is 2.29. The third-order valence-corrected chi connectivity index (χ3v) is 3.30. The van der Waals surface area contributed by atoms with Crippen molar-refractivity contribution in [3.63, 3.8) is 0 Å². The van der Waals surface area contributed by atoms with Crippen molar-refractivity contribution in [1.29, 1.82) is 0 Å². The lowest BCUT2D eigenvalue weighted by atomic mass is 10.2. The van der Waals surface area contributed by atoms with Crippen LogP contribution in [0.2, 0.25) is 0 Å². The van der Waals surface area contributed by atoms with Gasteiger partial charge in [-0.05, 0) is 6.07 Å². The quantitative estimate of drug-likeness (QED) is 0.728. The lowest BCUT2D eigenvalue weighted by Gasteiger charge is -2.13. The van der Waals surface area contributed by atoms with E-state index in [1.54, 1.807) is 0 Å². The summed E-state index contributed by atoms with van der Waals surface area (Å²) in [5.41, 5.74) is 3.11. The van der Waals surface area contributed by atoms with Crippen molar-refractivity contribution in [2.75, 3.05) is 12.8 Å². The van der Waals surface area contributed by atoms with Crippen LogP contribution in [0, 0.1) is 17.5 Å². The van der Waals surface area contributed by atoms with Gasteiger partial charge >= 0.3 is 5.69 Å². The maximum Gasteiger partial charge on any atom is 0.334 e. The molecule has 0 fully saturated rings. The Bertz CT molecular complexity index is 1090. The Morgan fingerprint density at radius 1 is 1.17 bits per heavy atom. The van der Waals surface area contributed by atoms with Crippen molar-refractivity contribution >= 4 is 16.7 Å². The molecule has 3 N–H and O–H groups in total. The molecule has 7 nitrogen and oxygen atoms in total. The van der Waals surface area contributed by atoms with Gasteiger partial charge in [-0.15, -0.1) is 0 Å². The Labute approximate surface area is 131 Å². The number of nitrogens with two attached hydrogens (primary N) is 1. The second-order valence-electron chi connectivity index (χ2n) is 4.76. The predicted octanol–water partition coefficient (Wildman–Crippen LogP) is 1.08. The molecule has 10 heteroatoms. The molecule has 124 valence electrons. The van der Waals surface area contributed by atoms with Gasteiger partial charge in [-0.25, -0.2) is 27.5 Å². The van der Waals surface area contributed by atoms with Gasteiger partial charge in [0, 0.05) is 12.1 Å². The van der Waals surface area contributed by atoms with Crippen molar-refractivity contribution in [3.05, 3.63) is 56.5 Å². The highest BCUT2D eigenvalue weighted by molar-refractivity contribution is 5.85. The first-order chi connectivity index (χ1) is 11.3. The molecule has 0 aliphatic carbocycles. The predicted molar refractivity (Wildman–Crippen MR) is 78.8 cm³/mol. The summed E-state index contributed by atoms with van der Waals surface area (Å²) in [6, 6.07) is 2.19. The molecule has 2 heterocycles. The van der Waals surface area contributed by atoms with E-state index in [0.717, 1.165) is 12.1 Å². The molecule has 0 spiro atoms. The Morgan fingerprint density at radius 2 is 1.88 bits per heavy atom. The lowest BCUT2D eigenvalue weighted by Crippen LogP contribution is -2.31. The van der Waals surface area contributed by atoms with E-state index in [-0.39, 0.29) is 16.7 Å². The third kappa shape index (κ3) is 2.28. The summed E-state index contributed by atoms with van der Waals surface area (Å²) in [6.45, 7) is 0. The van der Waals surface area contributed by atoms with E-state index >= 15 is 0 Å². The zero-order valence-corrected chi connectivity index (χ0v) is 12.1. The summed E-state index contributed by atoms with van der Waals surface area (Å²) in [5, 5.41) is -0.282. The summed E-state index contributed by atoms with van der Waals surface area (Å²) in [7, 11) is 1.17. The summed E-state index contributed by atoms with van der Waals surface area (Å²) in [5.74, 6) is -4.65. The smallest absolute Gasteiger partial charge is 0.334 e. The van der Waals surface area contributed by atoms with Crippen LogP contribution < -0.4 is 21.7 Å². The first-order valence-electron chi connectivity index (χ1n) is 6.48. The van der Waals surface area contributed by atoms with E-state index in [1.165, 1.54) is 7.11 Å². The standard InChI is InChI=1S/C14H9F3N4O3/c1-24-9-3-5(15)2-6-10(9)21(14(23)20-13(6)22)12-8(17)4-7(16)11(18)19-12/h2-4H,1H3,(H2,18,19)(H,20,22,23). The number of hydrogen-bond donors (Lipinski definition) is 2. The average molecular weight is 338 g/mol. The molecule has 0 unspecified atom stereocenters. The van der Waals surface area contributed by atoms with Crippen LogP contribution in [-0.4, -0.2) is 21.6 Å². The van der Waals surface area contributed by atoms with Crippen LogP contribution in [0.1, 0.15) is 0 Å². The number of anilines is 1. The van der Waals surface area contributed by atoms with Crippen LogP contribution >= 0.6 is 0 Å². The van der Waals surface area contributed by atoms with Crippen LogP contribution in [-0.2, 0) is 0 Å². The summed E-state index contributed by atoms with van der Waals surface area (Å²) >= 11 is 0. The number of benzene rings is 1. The number of nitrogens with zero attached hydrogens (tertiary/aromatic N) is 2. The maximum atomic E-state index is 14.1. The monoisotopic (exact) mass is 338 g/mol. The largest absolute Gasteiger partial charge is 0.494 e. The highest BCUT2D eigenvalue weighted by Crippen LogP contribution is 2.26. The van der Waals surface area contributed by atoms with Crippen molar-refractivity contribution in [1.82, 2.24) is 14.5 Å². The SMILES string of the molecule is COc1cc(F)cc2c(=O)[nH]c(=O)n(-c3nc(N)c(F)cc3F)c12. The van der Waals surface area contributed by atoms with Gasteiger partial charge in [-0.2, -0.15) is 0 Å². The van der Waals surface area contributed by atoms with E-state index in [9.17, 15) is 22.8 Å². The van der Waals surface area contributed by atoms with E-state index in [0.29, 0.717) is 10.6 Å². The zero-order valence-electron chi connectivity index (χ0n) is 12.1. The number of rotatable bonds is 2. The van der Waals surface area contributed by atoms with Crippen molar-refractivity contribution in [2.24, 2.45) is 0 Å². The van der Waals surface area contributed by atoms with Crippen LogP contribution in [0.5, 0.6) is 5.75 Å². The molecule has 3 aromatic rings. The number of H-pyrrole nitrogens is 1. The Kier molecular flexibility index (Phi) is 3.51. The lowest BCUT2D eigenvalue weighted by molar-refractivity contribution is 0.414. The zero-order chi connectivity index (χ0) is 17.6. The van der Waals surface area contributed by atoms with Gasteiger partial charge in [0.15, 0.2) is 23.3 Å². The van der Waals surface area contributed by atoms with E-state index in [1.807, 2.05) is 4.98 Å². The topological polar surface area (TPSA) is 103 Å². The van der Waals surface area contributed by atoms with Crippen molar-refractivity contribution < 1.29 is 17.9 Å². The molecule has 0 aliphatic heterocycles. The van der Waals surface area contributed by atoms with Gasteiger partial charge in [0.25, 0.3) is 5.56 Å². The molecule has 2 aromatic heterocycles. The Balaban J connectivity index is 2.56. The fraction of sp³-hybridized carbons (Fsp3) is 0.0714. The second kappa shape index (κ2) is 5.41. The number of methoxy groups -OCH3 is 1. The number of aromatic nitrogens is 3.